The summed E-state index contributed by atoms with van der Waals surface area (Å²) >= 11 is 0. The Hall–Kier alpha value is -2.88. The maximum atomic E-state index is 11.1. The maximum Gasteiger partial charge on any atom is 0.335 e. The fourth-order valence-electron chi connectivity index (χ4n) is 2.06. The van der Waals surface area contributed by atoms with Crippen molar-refractivity contribution in [2.45, 2.75) is 0 Å². The summed E-state index contributed by atoms with van der Waals surface area (Å²) in [6, 6.07) is 16.5. The Morgan fingerprint density at radius 3 is 2.60 bits per heavy atom. The van der Waals surface area contributed by atoms with Crippen LogP contribution in [0.5, 0.6) is 0 Å². The number of carboxylic acid groups (broad SMARTS) is 1. The number of hydrogen-bond donors (Lipinski definition) is 2. The largest absolute Gasteiger partial charge is 0.478 e. The second-order valence-electron chi connectivity index (χ2n) is 4.39. The number of benzene rings is 2. The summed E-state index contributed by atoms with van der Waals surface area (Å²) in [4.78, 5) is 15.4. The van der Waals surface area contributed by atoms with Gasteiger partial charge in [-0.25, -0.2) is 9.78 Å². The number of fused-ring (bicyclic) bond motifs is 1. The van der Waals surface area contributed by atoms with Crippen LogP contribution in [0.25, 0.3) is 10.8 Å². The van der Waals surface area contributed by atoms with Crippen molar-refractivity contribution < 1.29 is 9.90 Å². The number of para-hydroxylation sites is 1. The number of nitrogens with zero attached hydrogens (tertiary/aromatic N) is 1. The lowest BCUT2D eigenvalue weighted by atomic mass is 10.1. The van der Waals surface area contributed by atoms with E-state index in [4.69, 9.17) is 5.11 Å². The zero-order chi connectivity index (χ0) is 13.9. The van der Waals surface area contributed by atoms with Gasteiger partial charge < -0.3 is 10.4 Å². The minimum absolute atomic E-state index is 0.251. The lowest BCUT2D eigenvalue weighted by Gasteiger charge is -2.09. The summed E-state index contributed by atoms with van der Waals surface area (Å²) in [7, 11) is 0. The molecule has 3 aromatic rings. The molecular weight excluding hydrogens is 252 g/mol. The molecule has 4 heteroatoms. The van der Waals surface area contributed by atoms with Crippen molar-refractivity contribution in [3.8, 4) is 0 Å². The SMILES string of the molecule is O=C(O)c1ccc2ccnc(Nc3ccccc3)c2c1. The number of carbonyl (C=O) groups is 1. The van der Waals surface area contributed by atoms with Gasteiger partial charge in [0.25, 0.3) is 0 Å². The Morgan fingerprint density at radius 1 is 1.05 bits per heavy atom. The van der Waals surface area contributed by atoms with E-state index in [1.165, 1.54) is 0 Å². The Balaban J connectivity index is 2.10. The van der Waals surface area contributed by atoms with Crippen molar-refractivity contribution in [2.24, 2.45) is 0 Å². The van der Waals surface area contributed by atoms with Gasteiger partial charge in [0.2, 0.25) is 0 Å². The van der Waals surface area contributed by atoms with Crippen LogP contribution in [0.15, 0.2) is 60.8 Å². The van der Waals surface area contributed by atoms with Gasteiger partial charge in [0.15, 0.2) is 0 Å². The second-order valence-corrected chi connectivity index (χ2v) is 4.39. The molecule has 0 saturated heterocycles. The van der Waals surface area contributed by atoms with Crippen LogP contribution in [0.1, 0.15) is 10.4 Å². The predicted octanol–water partition coefficient (Wildman–Crippen LogP) is 3.68. The molecule has 0 radical (unpaired) electrons. The standard InChI is InChI=1S/C16H12N2O2/c19-16(20)12-7-6-11-8-9-17-15(14(11)10-12)18-13-4-2-1-3-5-13/h1-10H,(H,17,18)(H,19,20). The molecule has 20 heavy (non-hydrogen) atoms. The third-order valence-corrected chi connectivity index (χ3v) is 3.05. The third-order valence-electron chi connectivity index (χ3n) is 3.05. The average molecular weight is 264 g/mol. The third kappa shape index (κ3) is 2.31. The van der Waals surface area contributed by atoms with Crippen molar-refractivity contribution in [2.75, 3.05) is 5.32 Å². The highest BCUT2D eigenvalue weighted by Gasteiger charge is 2.07. The van der Waals surface area contributed by atoms with Crippen LogP contribution in [-0.4, -0.2) is 16.1 Å². The summed E-state index contributed by atoms with van der Waals surface area (Å²) in [5, 5.41) is 14.0. The van der Waals surface area contributed by atoms with Gasteiger partial charge in [-0.1, -0.05) is 24.3 Å². The molecule has 98 valence electrons. The summed E-state index contributed by atoms with van der Waals surface area (Å²) in [5.41, 5.74) is 1.16. The van der Waals surface area contributed by atoms with E-state index in [2.05, 4.69) is 10.3 Å². The first-order valence-corrected chi connectivity index (χ1v) is 6.18. The molecule has 0 aliphatic heterocycles. The highest BCUT2D eigenvalue weighted by molar-refractivity contribution is 5.99. The fourth-order valence-corrected chi connectivity index (χ4v) is 2.06. The van der Waals surface area contributed by atoms with Crippen LogP contribution in [0.2, 0.25) is 0 Å². The van der Waals surface area contributed by atoms with Gasteiger partial charge in [-0.2, -0.15) is 0 Å². The van der Waals surface area contributed by atoms with Crippen LogP contribution in [0.3, 0.4) is 0 Å². The van der Waals surface area contributed by atoms with E-state index in [0.29, 0.717) is 5.82 Å². The topological polar surface area (TPSA) is 62.2 Å². The molecule has 0 fully saturated rings. The first kappa shape index (κ1) is 12.2. The predicted molar refractivity (Wildman–Crippen MR) is 78.4 cm³/mol. The average Bonchev–Trinajstić information content (AvgIpc) is 2.48. The first-order chi connectivity index (χ1) is 9.74. The summed E-state index contributed by atoms with van der Waals surface area (Å²) < 4.78 is 0. The summed E-state index contributed by atoms with van der Waals surface area (Å²) in [6.45, 7) is 0. The molecule has 0 spiro atoms. The number of aromatic nitrogens is 1. The number of carboxylic acids is 1. The van der Waals surface area contributed by atoms with Crippen molar-refractivity contribution in [1.82, 2.24) is 4.98 Å². The van der Waals surface area contributed by atoms with E-state index in [9.17, 15) is 4.79 Å². The number of nitrogens with one attached hydrogen (secondary N) is 1. The van der Waals surface area contributed by atoms with E-state index in [0.717, 1.165) is 16.5 Å². The molecule has 0 atom stereocenters. The van der Waals surface area contributed by atoms with Gasteiger partial charge in [0.1, 0.15) is 5.82 Å². The highest BCUT2D eigenvalue weighted by Crippen LogP contribution is 2.25. The molecule has 1 heterocycles. The molecule has 0 saturated carbocycles. The molecule has 2 aromatic carbocycles. The van der Waals surface area contributed by atoms with Gasteiger partial charge in [-0.15, -0.1) is 0 Å². The zero-order valence-electron chi connectivity index (χ0n) is 10.6. The van der Waals surface area contributed by atoms with Crippen LogP contribution in [-0.2, 0) is 0 Å². The van der Waals surface area contributed by atoms with Gasteiger partial charge in [0, 0.05) is 17.3 Å². The van der Waals surface area contributed by atoms with Gasteiger partial charge in [-0.05, 0) is 35.7 Å². The monoisotopic (exact) mass is 264 g/mol. The quantitative estimate of drug-likeness (QED) is 0.757. The van der Waals surface area contributed by atoms with E-state index in [-0.39, 0.29) is 5.56 Å². The zero-order valence-corrected chi connectivity index (χ0v) is 10.6. The van der Waals surface area contributed by atoms with Crippen LogP contribution in [0.4, 0.5) is 11.5 Å². The van der Waals surface area contributed by atoms with Crippen molar-refractivity contribution >= 4 is 28.2 Å². The highest BCUT2D eigenvalue weighted by atomic mass is 16.4. The number of anilines is 2. The lowest BCUT2D eigenvalue weighted by Crippen LogP contribution is -1.98. The first-order valence-electron chi connectivity index (χ1n) is 6.18. The lowest BCUT2D eigenvalue weighted by molar-refractivity contribution is 0.0697. The molecule has 1 aromatic heterocycles. The van der Waals surface area contributed by atoms with Crippen molar-refractivity contribution in [3.05, 3.63) is 66.4 Å². The molecule has 2 N–H and O–H groups in total. The Labute approximate surface area is 115 Å². The maximum absolute atomic E-state index is 11.1. The van der Waals surface area contributed by atoms with Gasteiger partial charge in [-0.3, -0.25) is 0 Å². The minimum Gasteiger partial charge on any atom is -0.478 e. The van der Waals surface area contributed by atoms with Crippen LogP contribution < -0.4 is 5.32 Å². The molecule has 0 bridgehead atoms. The Kier molecular flexibility index (Phi) is 3.05. The van der Waals surface area contributed by atoms with Crippen molar-refractivity contribution in [1.29, 1.82) is 0 Å². The van der Waals surface area contributed by atoms with E-state index < -0.39 is 5.97 Å². The summed E-state index contributed by atoms with van der Waals surface area (Å²) in [5.74, 6) is -0.293. The van der Waals surface area contributed by atoms with Crippen molar-refractivity contribution in [3.63, 3.8) is 0 Å². The smallest absolute Gasteiger partial charge is 0.335 e. The Morgan fingerprint density at radius 2 is 1.85 bits per heavy atom. The minimum atomic E-state index is -0.943. The van der Waals surface area contributed by atoms with Crippen LogP contribution >= 0.6 is 0 Å². The van der Waals surface area contributed by atoms with Gasteiger partial charge >= 0.3 is 5.97 Å². The molecule has 4 nitrogen and oxygen atoms in total. The number of pyridine rings is 1. The molecule has 0 aliphatic carbocycles. The molecule has 0 amide bonds. The van der Waals surface area contributed by atoms with E-state index in [1.807, 2.05) is 36.4 Å². The number of aromatic carboxylic acids is 1. The number of hydrogen-bond acceptors (Lipinski definition) is 3. The number of rotatable bonds is 3. The van der Waals surface area contributed by atoms with E-state index >= 15 is 0 Å². The van der Waals surface area contributed by atoms with Gasteiger partial charge in [0.05, 0.1) is 5.56 Å². The molecule has 0 unspecified atom stereocenters. The summed E-state index contributed by atoms with van der Waals surface area (Å²) in [6.07, 6.45) is 1.70. The second kappa shape index (κ2) is 5.01. The Bertz CT molecular complexity index is 770. The fraction of sp³-hybridized carbons (Fsp3) is 0. The molecule has 0 aliphatic rings. The van der Waals surface area contributed by atoms with Crippen LogP contribution in [0, 0.1) is 0 Å². The normalized spacial score (nSPS) is 10.4. The van der Waals surface area contributed by atoms with E-state index in [1.54, 1.807) is 24.4 Å². The molecular formula is C16H12N2O2. The molecule has 3 rings (SSSR count).